The number of hydrogen-bond acceptors (Lipinski definition) is 5. The SMILES string of the molecule is CCN1CCN(S(=O)(=O)c2cccc(NC(=O)CCN)c2)CC1.Cl.Cl. The van der Waals surface area contributed by atoms with Crippen LogP contribution in [0, 0.1) is 0 Å². The second-order valence-electron chi connectivity index (χ2n) is 5.45. The molecule has 1 aliphatic heterocycles. The molecule has 7 nitrogen and oxygen atoms in total. The van der Waals surface area contributed by atoms with E-state index in [1.54, 1.807) is 18.2 Å². The van der Waals surface area contributed by atoms with Gasteiger partial charge in [-0.15, -0.1) is 24.8 Å². The molecule has 1 aliphatic rings. The molecule has 1 aromatic rings. The number of carbonyl (C=O) groups is 1. The van der Waals surface area contributed by atoms with E-state index < -0.39 is 10.0 Å². The van der Waals surface area contributed by atoms with Gasteiger partial charge < -0.3 is 16.0 Å². The topological polar surface area (TPSA) is 95.7 Å². The van der Waals surface area contributed by atoms with Crippen molar-refractivity contribution < 1.29 is 13.2 Å². The summed E-state index contributed by atoms with van der Waals surface area (Å²) in [5.41, 5.74) is 5.80. The number of amides is 1. The Bertz CT molecular complexity index is 650. The van der Waals surface area contributed by atoms with Gasteiger partial charge in [-0.05, 0) is 24.7 Å². The highest BCUT2D eigenvalue weighted by Gasteiger charge is 2.28. The summed E-state index contributed by atoms with van der Waals surface area (Å²) in [5, 5.41) is 2.66. The summed E-state index contributed by atoms with van der Waals surface area (Å²) >= 11 is 0. The minimum absolute atomic E-state index is 0. The second-order valence-corrected chi connectivity index (χ2v) is 7.39. The Labute approximate surface area is 161 Å². The standard InChI is InChI=1S/C15H24N4O3S.2ClH/c1-2-18-8-10-19(11-9-18)23(21,22)14-5-3-4-13(12-14)17-15(20)6-7-16;;/h3-5,12H,2,6-11,16H2,1H3,(H,17,20);2*1H. The number of anilines is 1. The molecule has 1 heterocycles. The normalized spacial score (nSPS) is 15.8. The van der Waals surface area contributed by atoms with Crippen molar-refractivity contribution in [3.8, 4) is 0 Å². The summed E-state index contributed by atoms with van der Waals surface area (Å²) in [7, 11) is -3.53. The maximum atomic E-state index is 12.7. The lowest BCUT2D eigenvalue weighted by atomic mass is 10.3. The fourth-order valence-electron chi connectivity index (χ4n) is 2.52. The van der Waals surface area contributed by atoms with Crippen molar-refractivity contribution in [2.75, 3.05) is 44.6 Å². The molecule has 0 radical (unpaired) electrons. The molecule has 0 unspecified atom stereocenters. The Balaban J connectivity index is 0.00000288. The molecule has 0 spiro atoms. The molecule has 1 aromatic carbocycles. The quantitative estimate of drug-likeness (QED) is 0.730. The van der Waals surface area contributed by atoms with Crippen LogP contribution in [0.15, 0.2) is 29.2 Å². The maximum Gasteiger partial charge on any atom is 0.243 e. The Morgan fingerprint density at radius 3 is 2.40 bits per heavy atom. The van der Waals surface area contributed by atoms with Gasteiger partial charge in [0.1, 0.15) is 0 Å². The van der Waals surface area contributed by atoms with Crippen LogP contribution >= 0.6 is 24.8 Å². The van der Waals surface area contributed by atoms with Crippen LogP contribution in [0.25, 0.3) is 0 Å². The van der Waals surface area contributed by atoms with E-state index in [0.717, 1.165) is 19.6 Å². The smallest absolute Gasteiger partial charge is 0.243 e. The van der Waals surface area contributed by atoms with E-state index in [-0.39, 0.29) is 48.6 Å². The maximum absolute atomic E-state index is 12.7. The summed E-state index contributed by atoms with van der Waals surface area (Å²) in [6.07, 6.45) is 0.204. The molecule has 0 aliphatic carbocycles. The summed E-state index contributed by atoms with van der Waals surface area (Å²) in [6.45, 7) is 5.70. The molecule has 2 rings (SSSR count). The fourth-order valence-corrected chi connectivity index (χ4v) is 3.99. The van der Waals surface area contributed by atoms with Gasteiger partial charge in [-0.2, -0.15) is 4.31 Å². The zero-order valence-electron chi connectivity index (χ0n) is 14.2. The van der Waals surface area contributed by atoms with E-state index in [0.29, 0.717) is 18.8 Å². The van der Waals surface area contributed by atoms with E-state index in [1.165, 1.54) is 10.4 Å². The van der Waals surface area contributed by atoms with Crippen LogP contribution in [0.5, 0.6) is 0 Å². The van der Waals surface area contributed by atoms with Gasteiger partial charge in [-0.25, -0.2) is 8.42 Å². The highest BCUT2D eigenvalue weighted by Crippen LogP contribution is 2.21. The van der Waals surface area contributed by atoms with Crippen molar-refractivity contribution in [3.63, 3.8) is 0 Å². The summed E-state index contributed by atoms with van der Waals surface area (Å²) in [5.74, 6) is -0.224. The second kappa shape index (κ2) is 10.9. The largest absolute Gasteiger partial charge is 0.330 e. The minimum atomic E-state index is -3.53. The number of benzene rings is 1. The molecule has 0 aromatic heterocycles. The van der Waals surface area contributed by atoms with Crippen molar-refractivity contribution in [1.29, 1.82) is 0 Å². The molecule has 1 fully saturated rings. The number of nitrogens with one attached hydrogen (secondary N) is 1. The number of nitrogens with zero attached hydrogens (tertiary/aromatic N) is 2. The van der Waals surface area contributed by atoms with Crippen LogP contribution in [0.1, 0.15) is 13.3 Å². The van der Waals surface area contributed by atoms with E-state index in [4.69, 9.17) is 5.73 Å². The zero-order chi connectivity index (χ0) is 16.9. The Morgan fingerprint density at radius 2 is 1.84 bits per heavy atom. The number of carbonyl (C=O) groups excluding carboxylic acids is 1. The van der Waals surface area contributed by atoms with Crippen molar-refractivity contribution >= 4 is 46.4 Å². The number of rotatable bonds is 6. The molecular formula is C15H26Cl2N4O3S. The Kier molecular flexibility index (Phi) is 10.6. The van der Waals surface area contributed by atoms with Gasteiger partial charge in [-0.3, -0.25) is 4.79 Å². The molecule has 0 saturated carbocycles. The molecule has 144 valence electrons. The van der Waals surface area contributed by atoms with Crippen LogP contribution in [-0.4, -0.2) is 62.8 Å². The number of piperazine rings is 1. The highest BCUT2D eigenvalue weighted by molar-refractivity contribution is 7.89. The lowest BCUT2D eigenvalue weighted by Gasteiger charge is -2.33. The third-order valence-electron chi connectivity index (χ3n) is 3.91. The minimum Gasteiger partial charge on any atom is -0.330 e. The van der Waals surface area contributed by atoms with E-state index in [2.05, 4.69) is 17.1 Å². The van der Waals surface area contributed by atoms with Crippen LogP contribution in [-0.2, 0) is 14.8 Å². The summed E-state index contributed by atoms with van der Waals surface area (Å²) in [6, 6.07) is 6.35. The number of hydrogen-bond donors (Lipinski definition) is 2. The third-order valence-corrected chi connectivity index (χ3v) is 5.80. The van der Waals surface area contributed by atoms with Gasteiger partial charge in [0.2, 0.25) is 15.9 Å². The lowest BCUT2D eigenvalue weighted by Crippen LogP contribution is -2.48. The number of likely N-dealkylation sites (N-methyl/N-ethyl adjacent to an activating group) is 1. The van der Waals surface area contributed by atoms with Crippen molar-refractivity contribution in [3.05, 3.63) is 24.3 Å². The molecule has 1 amide bonds. The molecule has 1 saturated heterocycles. The first-order valence-corrected chi connectivity index (χ1v) is 9.24. The van der Waals surface area contributed by atoms with Gasteiger partial charge in [0.05, 0.1) is 4.90 Å². The number of sulfonamides is 1. The highest BCUT2D eigenvalue weighted by atomic mass is 35.5. The Hall–Kier alpha value is -0.900. The van der Waals surface area contributed by atoms with Gasteiger partial charge >= 0.3 is 0 Å². The average Bonchev–Trinajstić information content (AvgIpc) is 2.55. The monoisotopic (exact) mass is 412 g/mol. The average molecular weight is 413 g/mol. The first-order valence-electron chi connectivity index (χ1n) is 7.80. The molecule has 0 bridgehead atoms. The van der Waals surface area contributed by atoms with Crippen molar-refractivity contribution in [1.82, 2.24) is 9.21 Å². The first kappa shape index (κ1) is 24.1. The van der Waals surface area contributed by atoms with Gasteiger partial charge in [0.15, 0.2) is 0 Å². The fraction of sp³-hybridized carbons (Fsp3) is 0.533. The van der Waals surface area contributed by atoms with E-state index >= 15 is 0 Å². The predicted octanol–water partition coefficient (Wildman–Crippen LogP) is 1.14. The van der Waals surface area contributed by atoms with E-state index in [9.17, 15) is 13.2 Å². The molecule has 0 atom stereocenters. The zero-order valence-corrected chi connectivity index (χ0v) is 16.6. The molecule has 10 heteroatoms. The predicted molar refractivity (Wildman–Crippen MR) is 104 cm³/mol. The van der Waals surface area contributed by atoms with Crippen molar-refractivity contribution in [2.45, 2.75) is 18.2 Å². The van der Waals surface area contributed by atoms with Gasteiger partial charge in [0, 0.05) is 44.8 Å². The molecule has 3 N–H and O–H groups in total. The van der Waals surface area contributed by atoms with Crippen LogP contribution < -0.4 is 11.1 Å². The van der Waals surface area contributed by atoms with Gasteiger partial charge in [0.25, 0.3) is 0 Å². The number of halogens is 2. The Morgan fingerprint density at radius 1 is 1.20 bits per heavy atom. The summed E-state index contributed by atoms with van der Waals surface area (Å²) in [4.78, 5) is 14.0. The van der Waals surface area contributed by atoms with Crippen LogP contribution in [0.3, 0.4) is 0 Å². The molecule has 25 heavy (non-hydrogen) atoms. The van der Waals surface area contributed by atoms with Crippen LogP contribution in [0.2, 0.25) is 0 Å². The summed E-state index contributed by atoms with van der Waals surface area (Å²) < 4.78 is 26.9. The van der Waals surface area contributed by atoms with Gasteiger partial charge in [-0.1, -0.05) is 13.0 Å². The van der Waals surface area contributed by atoms with E-state index in [1.807, 2.05) is 0 Å². The first-order chi connectivity index (χ1) is 11.0. The molecular weight excluding hydrogens is 387 g/mol. The number of nitrogens with two attached hydrogens (primary N) is 1. The van der Waals surface area contributed by atoms with Crippen LogP contribution in [0.4, 0.5) is 5.69 Å². The van der Waals surface area contributed by atoms with Crippen molar-refractivity contribution in [2.24, 2.45) is 5.73 Å². The lowest BCUT2D eigenvalue weighted by molar-refractivity contribution is -0.116. The third kappa shape index (κ3) is 6.40.